The number of rotatable bonds is 4. The van der Waals surface area contributed by atoms with Crippen molar-refractivity contribution in [1.29, 1.82) is 0 Å². The number of hydrogen-bond donors (Lipinski definition) is 1. The van der Waals surface area contributed by atoms with Gasteiger partial charge in [-0.1, -0.05) is 41.9 Å². The molecule has 0 heterocycles. The summed E-state index contributed by atoms with van der Waals surface area (Å²) >= 11 is 5.70. The van der Waals surface area contributed by atoms with Gasteiger partial charge in [-0.2, -0.15) is 0 Å². The Morgan fingerprint density at radius 3 is 2.58 bits per heavy atom. The number of amides is 1. The molecule has 0 saturated carbocycles. The van der Waals surface area contributed by atoms with E-state index in [1.165, 1.54) is 18.2 Å². The zero-order chi connectivity index (χ0) is 17.1. The zero-order valence-electron chi connectivity index (χ0n) is 12.9. The molecule has 0 aromatic heterocycles. The molecule has 0 bridgehead atoms. The van der Waals surface area contributed by atoms with E-state index in [0.29, 0.717) is 11.4 Å². The monoisotopic (exact) mass is 343 g/mol. The van der Waals surface area contributed by atoms with E-state index in [9.17, 15) is 9.18 Å². The van der Waals surface area contributed by atoms with Gasteiger partial charge in [0, 0.05) is 5.69 Å². The van der Waals surface area contributed by atoms with Crippen LogP contribution >= 0.6 is 11.6 Å². The summed E-state index contributed by atoms with van der Waals surface area (Å²) in [5.74, 6) is -0.269. The standard InChI is InChI=1S/C19H15ClFNO2/c1-12(19(23)22-15-7-9-18(21)17(20)11-15)24-16-8-6-13-4-2-3-5-14(13)10-16/h2-12H,1H3,(H,22,23)/t12-/m0/s1. The van der Waals surface area contributed by atoms with Gasteiger partial charge in [-0.15, -0.1) is 0 Å². The summed E-state index contributed by atoms with van der Waals surface area (Å²) in [6, 6.07) is 17.5. The van der Waals surface area contributed by atoms with Crippen molar-refractivity contribution in [2.45, 2.75) is 13.0 Å². The number of benzene rings is 3. The molecule has 0 aliphatic heterocycles. The first-order valence-corrected chi connectivity index (χ1v) is 7.82. The summed E-state index contributed by atoms with van der Waals surface area (Å²) in [6.07, 6.45) is -0.713. The molecule has 24 heavy (non-hydrogen) atoms. The van der Waals surface area contributed by atoms with Crippen molar-refractivity contribution in [2.24, 2.45) is 0 Å². The largest absolute Gasteiger partial charge is 0.481 e. The summed E-state index contributed by atoms with van der Waals surface area (Å²) < 4.78 is 18.8. The molecule has 0 aliphatic carbocycles. The molecular weight excluding hydrogens is 329 g/mol. The number of carbonyl (C=O) groups is 1. The Hall–Kier alpha value is -2.59. The second-order valence-corrected chi connectivity index (χ2v) is 5.79. The average Bonchev–Trinajstić information content (AvgIpc) is 2.58. The average molecular weight is 344 g/mol. The van der Waals surface area contributed by atoms with Crippen LogP contribution in [0.5, 0.6) is 5.75 Å². The lowest BCUT2D eigenvalue weighted by Crippen LogP contribution is -2.30. The van der Waals surface area contributed by atoms with E-state index in [1.54, 1.807) is 6.92 Å². The molecule has 1 atom stereocenters. The topological polar surface area (TPSA) is 38.3 Å². The van der Waals surface area contributed by atoms with Crippen LogP contribution in [0.1, 0.15) is 6.92 Å². The molecule has 0 fully saturated rings. The van der Waals surface area contributed by atoms with Crippen LogP contribution in [-0.4, -0.2) is 12.0 Å². The van der Waals surface area contributed by atoms with Crippen LogP contribution in [-0.2, 0) is 4.79 Å². The van der Waals surface area contributed by atoms with Gasteiger partial charge in [0.1, 0.15) is 11.6 Å². The maximum absolute atomic E-state index is 13.1. The van der Waals surface area contributed by atoms with Crippen LogP contribution in [0.4, 0.5) is 10.1 Å². The van der Waals surface area contributed by atoms with Gasteiger partial charge in [-0.05, 0) is 48.0 Å². The molecule has 3 nitrogen and oxygen atoms in total. The van der Waals surface area contributed by atoms with Gasteiger partial charge in [0.05, 0.1) is 5.02 Å². The number of hydrogen-bond acceptors (Lipinski definition) is 2. The fourth-order valence-electron chi connectivity index (χ4n) is 2.32. The maximum atomic E-state index is 13.1. The van der Waals surface area contributed by atoms with Crippen LogP contribution in [0.25, 0.3) is 10.8 Å². The molecule has 0 aliphatic rings. The number of fused-ring (bicyclic) bond motifs is 1. The lowest BCUT2D eigenvalue weighted by molar-refractivity contribution is -0.122. The van der Waals surface area contributed by atoms with Crippen LogP contribution < -0.4 is 10.1 Å². The van der Waals surface area contributed by atoms with E-state index < -0.39 is 11.9 Å². The molecule has 0 spiro atoms. The predicted octanol–water partition coefficient (Wildman–Crippen LogP) is 5.04. The van der Waals surface area contributed by atoms with Gasteiger partial charge in [-0.25, -0.2) is 4.39 Å². The summed E-state index contributed by atoms with van der Waals surface area (Å²) in [7, 11) is 0. The molecule has 122 valence electrons. The van der Waals surface area contributed by atoms with E-state index in [-0.39, 0.29) is 10.9 Å². The molecule has 1 amide bonds. The van der Waals surface area contributed by atoms with Gasteiger partial charge < -0.3 is 10.1 Å². The number of ether oxygens (including phenoxy) is 1. The SMILES string of the molecule is C[C@H](Oc1ccc2ccccc2c1)C(=O)Nc1ccc(F)c(Cl)c1. The predicted molar refractivity (Wildman–Crippen MR) is 94.1 cm³/mol. The summed E-state index contributed by atoms with van der Waals surface area (Å²) in [4.78, 5) is 12.2. The van der Waals surface area contributed by atoms with E-state index in [1.807, 2.05) is 42.5 Å². The third-order valence-electron chi connectivity index (χ3n) is 3.59. The smallest absolute Gasteiger partial charge is 0.265 e. The van der Waals surface area contributed by atoms with Crippen molar-refractivity contribution in [2.75, 3.05) is 5.32 Å². The lowest BCUT2D eigenvalue weighted by Gasteiger charge is -2.15. The van der Waals surface area contributed by atoms with E-state index in [2.05, 4.69) is 5.32 Å². The molecule has 0 radical (unpaired) electrons. The third-order valence-corrected chi connectivity index (χ3v) is 3.88. The Morgan fingerprint density at radius 2 is 1.83 bits per heavy atom. The number of halogens is 2. The fraction of sp³-hybridized carbons (Fsp3) is 0.105. The molecule has 3 rings (SSSR count). The van der Waals surface area contributed by atoms with E-state index in [4.69, 9.17) is 16.3 Å². The first kappa shape index (κ1) is 16.3. The second-order valence-electron chi connectivity index (χ2n) is 5.39. The fourth-order valence-corrected chi connectivity index (χ4v) is 2.50. The Morgan fingerprint density at radius 1 is 1.08 bits per heavy atom. The maximum Gasteiger partial charge on any atom is 0.265 e. The highest BCUT2D eigenvalue weighted by Gasteiger charge is 2.15. The number of nitrogens with one attached hydrogen (secondary N) is 1. The van der Waals surface area contributed by atoms with Gasteiger partial charge in [-0.3, -0.25) is 4.79 Å². The van der Waals surface area contributed by atoms with Crippen molar-refractivity contribution in [3.8, 4) is 5.75 Å². The number of anilines is 1. The molecule has 5 heteroatoms. The van der Waals surface area contributed by atoms with E-state index in [0.717, 1.165) is 10.8 Å². The Kier molecular flexibility index (Phi) is 4.67. The van der Waals surface area contributed by atoms with Crippen LogP contribution in [0, 0.1) is 5.82 Å². The summed E-state index contributed by atoms with van der Waals surface area (Å²) in [5.41, 5.74) is 0.417. The highest BCUT2D eigenvalue weighted by atomic mass is 35.5. The minimum atomic E-state index is -0.713. The highest BCUT2D eigenvalue weighted by Crippen LogP contribution is 2.22. The molecule has 1 N–H and O–H groups in total. The molecular formula is C19H15ClFNO2. The lowest BCUT2D eigenvalue weighted by atomic mass is 10.1. The summed E-state index contributed by atoms with van der Waals surface area (Å²) in [6.45, 7) is 1.65. The van der Waals surface area contributed by atoms with Crippen molar-refractivity contribution >= 4 is 34.0 Å². The highest BCUT2D eigenvalue weighted by molar-refractivity contribution is 6.31. The van der Waals surface area contributed by atoms with Gasteiger partial charge in [0.25, 0.3) is 5.91 Å². The van der Waals surface area contributed by atoms with Gasteiger partial charge >= 0.3 is 0 Å². The molecule has 3 aromatic rings. The molecule has 3 aromatic carbocycles. The first-order chi connectivity index (χ1) is 11.5. The van der Waals surface area contributed by atoms with Crippen molar-refractivity contribution in [3.05, 3.63) is 71.5 Å². The normalized spacial score (nSPS) is 12.0. The van der Waals surface area contributed by atoms with Crippen LogP contribution in [0.15, 0.2) is 60.7 Å². The Labute approximate surface area is 144 Å². The van der Waals surface area contributed by atoms with E-state index >= 15 is 0 Å². The van der Waals surface area contributed by atoms with Crippen molar-refractivity contribution in [1.82, 2.24) is 0 Å². The minimum absolute atomic E-state index is 0.0455. The molecule has 0 unspecified atom stereocenters. The Bertz CT molecular complexity index is 897. The van der Waals surface area contributed by atoms with Crippen LogP contribution in [0.3, 0.4) is 0 Å². The third kappa shape index (κ3) is 3.66. The van der Waals surface area contributed by atoms with Gasteiger partial charge in [0.2, 0.25) is 0 Å². The molecule has 0 saturated heterocycles. The van der Waals surface area contributed by atoms with Crippen LogP contribution in [0.2, 0.25) is 5.02 Å². The van der Waals surface area contributed by atoms with Crippen molar-refractivity contribution < 1.29 is 13.9 Å². The Balaban J connectivity index is 1.69. The quantitative estimate of drug-likeness (QED) is 0.720. The second kappa shape index (κ2) is 6.89. The minimum Gasteiger partial charge on any atom is -0.481 e. The first-order valence-electron chi connectivity index (χ1n) is 7.44. The number of carbonyl (C=O) groups excluding carboxylic acids is 1. The van der Waals surface area contributed by atoms with Crippen molar-refractivity contribution in [3.63, 3.8) is 0 Å². The summed E-state index contributed by atoms with van der Waals surface area (Å²) in [5, 5.41) is 4.74. The zero-order valence-corrected chi connectivity index (χ0v) is 13.7. The van der Waals surface area contributed by atoms with Gasteiger partial charge in [0.15, 0.2) is 6.10 Å².